The van der Waals surface area contributed by atoms with Crippen LogP contribution in [-0.2, 0) is 44.7 Å². The average Bonchev–Trinajstić information content (AvgIpc) is 3.65. The van der Waals surface area contributed by atoms with Crippen molar-refractivity contribution in [2.45, 2.75) is 136 Å². The fourth-order valence-electron chi connectivity index (χ4n) is 8.28. The number of aliphatic carboxylic acids is 1. The fraction of sp³-hybridized carbons (Fsp3) is 0.721. The highest BCUT2D eigenvalue weighted by Gasteiger charge is 2.43. The second-order valence-electron chi connectivity index (χ2n) is 16.6. The van der Waals surface area contributed by atoms with Crippen molar-refractivity contribution in [2.24, 2.45) is 29.4 Å². The van der Waals surface area contributed by atoms with E-state index in [4.69, 9.17) is 20.3 Å². The molecular formula is C43H72N6O9. The molecule has 0 aliphatic carbocycles. The standard InChI is InChI=1S/C43H72N6O9/c1-12-28(6)38(48(9)43(56)36(26(2)3)46-42(55)37(27(4)5)47(8)22-17-21-35(51)52)33(57-10)25-34(50)49-23-16-20-32(49)39(58-11)29(7)41(54)45-31(40(44)53)24-30-18-14-13-15-19-30/h13-15,18-19,26-29,31-33,36-39H,12,16-17,20-25H2,1-11H3,(H2,44,53)(H,45,54)(H,46,55)(H,51,52). The number of likely N-dealkylation sites (tertiary alicyclic amines) is 1. The highest BCUT2D eigenvalue weighted by molar-refractivity contribution is 5.90. The molecule has 9 unspecified atom stereocenters. The van der Waals surface area contributed by atoms with E-state index in [0.717, 1.165) is 5.56 Å². The first kappa shape index (κ1) is 50.1. The maximum absolute atomic E-state index is 14.4. The third-order valence-corrected chi connectivity index (χ3v) is 11.7. The van der Waals surface area contributed by atoms with Gasteiger partial charge in [0.2, 0.25) is 29.5 Å². The van der Waals surface area contributed by atoms with Gasteiger partial charge in [-0.25, -0.2) is 0 Å². The van der Waals surface area contributed by atoms with Gasteiger partial charge in [0.1, 0.15) is 12.1 Å². The van der Waals surface area contributed by atoms with Crippen LogP contribution >= 0.6 is 0 Å². The maximum atomic E-state index is 14.4. The molecular weight excluding hydrogens is 745 g/mol. The molecule has 15 heteroatoms. The van der Waals surface area contributed by atoms with E-state index in [1.54, 1.807) is 30.8 Å². The second kappa shape index (κ2) is 24.1. The lowest BCUT2D eigenvalue weighted by Crippen LogP contribution is -2.60. The number of ether oxygens (including phenoxy) is 2. The van der Waals surface area contributed by atoms with Crippen LogP contribution in [0.4, 0.5) is 0 Å². The first-order valence-electron chi connectivity index (χ1n) is 20.8. The zero-order valence-electron chi connectivity index (χ0n) is 36.7. The van der Waals surface area contributed by atoms with Gasteiger partial charge in [0.15, 0.2) is 0 Å². The minimum Gasteiger partial charge on any atom is -0.481 e. The fourth-order valence-corrected chi connectivity index (χ4v) is 8.28. The first-order chi connectivity index (χ1) is 27.3. The Balaban J connectivity index is 2.27. The van der Waals surface area contributed by atoms with E-state index in [0.29, 0.717) is 38.8 Å². The zero-order valence-corrected chi connectivity index (χ0v) is 36.7. The molecule has 9 atom stereocenters. The van der Waals surface area contributed by atoms with E-state index in [9.17, 15) is 28.8 Å². The van der Waals surface area contributed by atoms with Crippen LogP contribution in [0.2, 0.25) is 0 Å². The molecule has 5 amide bonds. The molecule has 0 saturated carbocycles. The molecule has 1 saturated heterocycles. The number of carboxylic acids is 1. The van der Waals surface area contributed by atoms with Gasteiger partial charge in [-0.05, 0) is 56.2 Å². The Morgan fingerprint density at radius 2 is 1.57 bits per heavy atom. The minimum atomic E-state index is -0.923. The largest absolute Gasteiger partial charge is 0.481 e. The number of nitrogens with one attached hydrogen (secondary N) is 2. The Kier molecular flexibility index (Phi) is 20.8. The minimum absolute atomic E-state index is 0.00906. The van der Waals surface area contributed by atoms with Crippen LogP contribution in [0.25, 0.3) is 0 Å². The molecule has 15 nitrogen and oxygen atoms in total. The number of benzene rings is 1. The molecule has 1 aromatic carbocycles. The normalized spacial score (nSPS) is 18.5. The summed E-state index contributed by atoms with van der Waals surface area (Å²) < 4.78 is 11.9. The molecule has 0 radical (unpaired) electrons. The summed E-state index contributed by atoms with van der Waals surface area (Å²) >= 11 is 0. The highest BCUT2D eigenvalue weighted by atomic mass is 16.5. The third-order valence-electron chi connectivity index (χ3n) is 11.7. The molecule has 1 aliphatic heterocycles. The molecule has 0 bridgehead atoms. The van der Waals surface area contributed by atoms with E-state index >= 15 is 0 Å². The van der Waals surface area contributed by atoms with Gasteiger partial charge in [0, 0.05) is 40.7 Å². The van der Waals surface area contributed by atoms with Gasteiger partial charge in [0.05, 0.1) is 42.7 Å². The van der Waals surface area contributed by atoms with Crippen molar-refractivity contribution in [3.63, 3.8) is 0 Å². The van der Waals surface area contributed by atoms with Crippen LogP contribution in [0, 0.1) is 23.7 Å². The molecule has 1 fully saturated rings. The van der Waals surface area contributed by atoms with Crippen molar-refractivity contribution in [2.75, 3.05) is 41.4 Å². The van der Waals surface area contributed by atoms with Crippen molar-refractivity contribution < 1.29 is 43.3 Å². The van der Waals surface area contributed by atoms with Crippen molar-refractivity contribution in [1.82, 2.24) is 25.3 Å². The first-order valence-corrected chi connectivity index (χ1v) is 20.8. The average molecular weight is 817 g/mol. The molecule has 1 aromatic rings. The monoisotopic (exact) mass is 817 g/mol. The smallest absolute Gasteiger partial charge is 0.303 e. The summed E-state index contributed by atoms with van der Waals surface area (Å²) in [6, 6.07) is 5.96. The maximum Gasteiger partial charge on any atom is 0.303 e. The van der Waals surface area contributed by atoms with Crippen LogP contribution in [0.3, 0.4) is 0 Å². The number of amides is 5. The van der Waals surface area contributed by atoms with Crippen LogP contribution in [0.1, 0.15) is 92.6 Å². The van der Waals surface area contributed by atoms with E-state index in [1.807, 2.05) is 76.8 Å². The molecule has 1 heterocycles. The number of likely N-dealkylation sites (N-methyl/N-ethyl adjacent to an activating group) is 2. The number of rotatable bonds is 25. The van der Waals surface area contributed by atoms with Crippen molar-refractivity contribution in [1.29, 1.82) is 0 Å². The number of carbonyl (C=O) groups is 6. The third kappa shape index (κ3) is 14.0. The SMILES string of the molecule is CCC(C)C(C(CC(=O)N1CCCC1C(OC)C(C)C(=O)NC(Cc1ccccc1)C(N)=O)OC)N(C)C(=O)C(NC(=O)C(C(C)C)N(C)CCCC(=O)O)C(C)C. The van der Waals surface area contributed by atoms with Gasteiger partial charge in [-0.1, -0.05) is 85.2 Å². The topological polar surface area (TPSA) is 201 Å². The Hall–Kier alpha value is -4.08. The van der Waals surface area contributed by atoms with E-state index in [-0.39, 0.29) is 54.7 Å². The van der Waals surface area contributed by atoms with Gasteiger partial charge >= 0.3 is 5.97 Å². The van der Waals surface area contributed by atoms with E-state index in [1.165, 1.54) is 14.2 Å². The summed E-state index contributed by atoms with van der Waals surface area (Å²) in [6.45, 7) is 14.2. The summed E-state index contributed by atoms with van der Waals surface area (Å²) in [4.78, 5) is 84.6. The molecule has 1 aliphatic rings. The number of primary amides is 1. The summed E-state index contributed by atoms with van der Waals surface area (Å²) in [5, 5.41) is 14.9. The highest BCUT2D eigenvalue weighted by Crippen LogP contribution is 2.30. The molecule has 0 aromatic heterocycles. The van der Waals surface area contributed by atoms with Gasteiger partial charge < -0.3 is 40.7 Å². The molecule has 0 spiro atoms. The van der Waals surface area contributed by atoms with Crippen molar-refractivity contribution in [3.05, 3.63) is 35.9 Å². The van der Waals surface area contributed by atoms with E-state index in [2.05, 4.69) is 10.6 Å². The van der Waals surface area contributed by atoms with Gasteiger partial charge in [0.25, 0.3) is 0 Å². The van der Waals surface area contributed by atoms with Crippen molar-refractivity contribution in [3.8, 4) is 0 Å². The van der Waals surface area contributed by atoms with Crippen LogP contribution in [0.15, 0.2) is 30.3 Å². The van der Waals surface area contributed by atoms with E-state index < -0.39 is 66.1 Å². The number of nitrogens with two attached hydrogens (primary N) is 1. The summed E-state index contributed by atoms with van der Waals surface area (Å²) in [7, 11) is 6.50. The molecule has 58 heavy (non-hydrogen) atoms. The van der Waals surface area contributed by atoms with Crippen LogP contribution < -0.4 is 16.4 Å². The van der Waals surface area contributed by atoms with Gasteiger partial charge in [-0.2, -0.15) is 0 Å². The summed E-state index contributed by atoms with van der Waals surface area (Å²) in [5.74, 6) is -3.96. The van der Waals surface area contributed by atoms with Crippen molar-refractivity contribution >= 4 is 35.5 Å². The predicted octanol–water partition coefficient (Wildman–Crippen LogP) is 3.08. The molecule has 328 valence electrons. The summed E-state index contributed by atoms with van der Waals surface area (Å²) in [6.07, 6.45) is 1.21. The number of carboxylic acid groups (broad SMARTS) is 1. The number of methoxy groups -OCH3 is 2. The lowest BCUT2D eigenvalue weighted by molar-refractivity contribution is -0.148. The lowest BCUT2D eigenvalue weighted by atomic mass is 9.89. The van der Waals surface area contributed by atoms with Crippen LogP contribution in [-0.4, -0.2) is 139 Å². The number of carbonyl (C=O) groups excluding carboxylic acids is 5. The van der Waals surface area contributed by atoms with Gasteiger partial charge in [-0.3, -0.25) is 33.7 Å². The Labute approximate surface area is 346 Å². The zero-order chi connectivity index (χ0) is 43.9. The molecule has 5 N–H and O–H groups in total. The predicted molar refractivity (Wildman–Crippen MR) is 222 cm³/mol. The summed E-state index contributed by atoms with van der Waals surface area (Å²) in [5.41, 5.74) is 6.53. The Morgan fingerprint density at radius 3 is 2.09 bits per heavy atom. The van der Waals surface area contributed by atoms with Gasteiger partial charge in [-0.15, -0.1) is 0 Å². The second-order valence-corrected chi connectivity index (χ2v) is 16.6. The Morgan fingerprint density at radius 1 is 0.931 bits per heavy atom. The lowest BCUT2D eigenvalue weighted by Gasteiger charge is -2.41. The van der Waals surface area contributed by atoms with Crippen LogP contribution in [0.5, 0.6) is 0 Å². The number of hydrogen-bond donors (Lipinski definition) is 4. The quantitative estimate of drug-likeness (QED) is 0.114. The number of hydrogen-bond acceptors (Lipinski definition) is 9. The Bertz CT molecular complexity index is 1490. The number of nitrogens with zero attached hydrogens (tertiary/aromatic N) is 3. The molecule has 2 rings (SSSR count).